The van der Waals surface area contributed by atoms with E-state index in [2.05, 4.69) is 16.3 Å². The summed E-state index contributed by atoms with van der Waals surface area (Å²) in [4.78, 5) is 12.6. The van der Waals surface area contributed by atoms with Crippen molar-refractivity contribution in [3.63, 3.8) is 0 Å². The van der Waals surface area contributed by atoms with Gasteiger partial charge in [0.25, 0.3) is 5.91 Å². The Balaban J connectivity index is 1.96. The van der Waals surface area contributed by atoms with Gasteiger partial charge in [0.05, 0.1) is 18.3 Å². The van der Waals surface area contributed by atoms with Crippen LogP contribution in [0.15, 0.2) is 24.3 Å². The van der Waals surface area contributed by atoms with Crippen molar-refractivity contribution in [2.24, 2.45) is 0 Å². The molecule has 2 aromatic rings. The van der Waals surface area contributed by atoms with Crippen molar-refractivity contribution >= 4 is 5.91 Å². The van der Waals surface area contributed by atoms with E-state index in [4.69, 9.17) is 6.42 Å². The van der Waals surface area contributed by atoms with Gasteiger partial charge in [0.2, 0.25) is 0 Å². The lowest BCUT2D eigenvalue weighted by atomic mass is 10.1. The smallest absolute Gasteiger partial charge is 0.272 e. The molecule has 1 aromatic carbocycles. The highest BCUT2D eigenvalue weighted by molar-refractivity contribution is 5.94. The summed E-state index contributed by atoms with van der Waals surface area (Å²) in [5.74, 6) is 2.20. The van der Waals surface area contributed by atoms with Gasteiger partial charge < -0.3 is 10.4 Å². The van der Waals surface area contributed by atoms with Crippen LogP contribution in [-0.2, 0) is 12.8 Å². The number of rotatable bonds is 5. The van der Waals surface area contributed by atoms with E-state index in [1.165, 1.54) is 0 Å². The fourth-order valence-corrected chi connectivity index (χ4v) is 3.18. The molecule has 0 bridgehead atoms. The van der Waals surface area contributed by atoms with E-state index in [9.17, 15) is 9.90 Å². The molecule has 0 aliphatic heterocycles. The number of aliphatic hydroxyl groups excluding tert-OH is 1. The molecule has 0 unspecified atom stereocenters. The Labute approximate surface area is 141 Å². The highest BCUT2D eigenvalue weighted by Gasteiger charge is 2.28. The number of nitrogens with zero attached hydrogens (tertiary/aromatic N) is 2. The molecule has 2 N–H and O–H groups in total. The van der Waals surface area contributed by atoms with Crippen molar-refractivity contribution in [3.8, 4) is 18.0 Å². The second kappa shape index (κ2) is 6.90. The van der Waals surface area contributed by atoms with Crippen molar-refractivity contribution in [1.82, 2.24) is 15.1 Å². The van der Waals surface area contributed by atoms with E-state index < -0.39 is 6.04 Å². The number of aryl methyl sites for hydroxylation is 1. The van der Waals surface area contributed by atoms with Gasteiger partial charge in [0, 0.05) is 17.7 Å². The first-order chi connectivity index (χ1) is 11.7. The molecule has 0 fully saturated rings. The first-order valence-corrected chi connectivity index (χ1v) is 8.17. The fraction of sp³-hybridized carbons (Fsp3) is 0.368. The number of terminal acetylenes is 1. The Kier molecular flexibility index (Phi) is 4.68. The van der Waals surface area contributed by atoms with E-state index in [1.807, 2.05) is 35.9 Å². The number of benzene rings is 1. The van der Waals surface area contributed by atoms with E-state index in [-0.39, 0.29) is 12.5 Å². The molecule has 0 spiro atoms. The van der Waals surface area contributed by atoms with Crippen LogP contribution >= 0.6 is 0 Å². The fourth-order valence-electron chi connectivity index (χ4n) is 3.18. The molecule has 1 aromatic heterocycles. The van der Waals surface area contributed by atoms with Gasteiger partial charge in [0.15, 0.2) is 5.69 Å². The Morgan fingerprint density at radius 2 is 2.25 bits per heavy atom. The van der Waals surface area contributed by atoms with E-state index in [1.54, 1.807) is 0 Å². The van der Waals surface area contributed by atoms with Gasteiger partial charge in [0.1, 0.15) is 0 Å². The highest BCUT2D eigenvalue weighted by atomic mass is 16.3. The minimum atomic E-state index is -0.442. The van der Waals surface area contributed by atoms with Crippen molar-refractivity contribution in [1.29, 1.82) is 0 Å². The Hall–Kier alpha value is -2.58. The third-order valence-electron chi connectivity index (χ3n) is 4.41. The SMILES string of the molecule is C#CC[C@H](CO)NC(=O)c1nn(-c2ccccc2C)c2c1CCC2. The van der Waals surface area contributed by atoms with Crippen molar-refractivity contribution in [2.45, 2.75) is 38.6 Å². The second-order valence-corrected chi connectivity index (χ2v) is 6.09. The second-order valence-electron chi connectivity index (χ2n) is 6.09. The zero-order chi connectivity index (χ0) is 17.1. The summed E-state index contributed by atoms with van der Waals surface area (Å²) >= 11 is 0. The van der Waals surface area contributed by atoms with Gasteiger partial charge in [-0.2, -0.15) is 5.10 Å². The van der Waals surface area contributed by atoms with Crippen LogP contribution in [0.5, 0.6) is 0 Å². The molecule has 0 radical (unpaired) electrons. The average Bonchev–Trinajstić information content (AvgIpc) is 3.17. The maximum absolute atomic E-state index is 12.6. The molecule has 24 heavy (non-hydrogen) atoms. The van der Waals surface area contributed by atoms with Crippen molar-refractivity contribution < 1.29 is 9.90 Å². The molecule has 5 heteroatoms. The summed E-state index contributed by atoms with van der Waals surface area (Å²) in [7, 11) is 0. The summed E-state index contributed by atoms with van der Waals surface area (Å²) < 4.78 is 1.89. The maximum Gasteiger partial charge on any atom is 0.272 e. The predicted octanol–water partition coefficient (Wildman–Crippen LogP) is 1.78. The monoisotopic (exact) mass is 323 g/mol. The minimum Gasteiger partial charge on any atom is -0.394 e. The number of hydrogen-bond donors (Lipinski definition) is 2. The third kappa shape index (κ3) is 2.93. The summed E-state index contributed by atoms with van der Waals surface area (Å²) in [6.07, 6.45) is 8.35. The highest BCUT2D eigenvalue weighted by Crippen LogP contribution is 2.28. The quantitative estimate of drug-likeness (QED) is 0.824. The molecule has 1 aliphatic carbocycles. The van der Waals surface area contributed by atoms with Crippen LogP contribution in [0.4, 0.5) is 0 Å². The molecule has 3 rings (SSSR count). The number of amides is 1. The molecule has 1 aliphatic rings. The van der Waals surface area contributed by atoms with Gasteiger partial charge in [-0.1, -0.05) is 18.2 Å². The first-order valence-electron chi connectivity index (χ1n) is 8.17. The average molecular weight is 323 g/mol. The lowest BCUT2D eigenvalue weighted by molar-refractivity contribution is 0.0911. The Bertz CT molecular complexity index is 801. The van der Waals surface area contributed by atoms with Gasteiger partial charge >= 0.3 is 0 Å². The predicted molar refractivity (Wildman–Crippen MR) is 92.1 cm³/mol. The maximum atomic E-state index is 12.6. The number of para-hydroxylation sites is 1. The summed E-state index contributed by atoms with van der Waals surface area (Å²) in [5, 5.41) is 16.7. The molecule has 1 atom stereocenters. The molecule has 1 heterocycles. The number of aliphatic hydroxyl groups is 1. The lowest BCUT2D eigenvalue weighted by Gasteiger charge is -2.12. The number of nitrogens with one attached hydrogen (secondary N) is 1. The van der Waals surface area contributed by atoms with Gasteiger partial charge in [-0.15, -0.1) is 12.3 Å². The van der Waals surface area contributed by atoms with Gasteiger partial charge in [-0.25, -0.2) is 4.68 Å². The number of hydrogen-bond acceptors (Lipinski definition) is 3. The molecular formula is C19H21N3O2. The zero-order valence-electron chi connectivity index (χ0n) is 13.7. The molecule has 124 valence electrons. The Morgan fingerprint density at radius 3 is 2.96 bits per heavy atom. The van der Waals surface area contributed by atoms with E-state index in [0.717, 1.165) is 41.8 Å². The number of carbonyl (C=O) groups is 1. The van der Waals surface area contributed by atoms with Crippen LogP contribution < -0.4 is 5.32 Å². The Morgan fingerprint density at radius 1 is 1.46 bits per heavy atom. The number of fused-ring (bicyclic) bond motifs is 1. The first kappa shape index (κ1) is 16.3. The zero-order valence-corrected chi connectivity index (χ0v) is 13.7. The summed E-state index contributed by atoms with van der Waals surface area (Å²) in [5.41, 5.74) is 4.67. The van der Waals surface area contributed by atoms with Crippen LogP contribution in [0.2, 0.25) is 0 Å². The lowest BCUT2D eigenvalue weighted by Crippen LogP contribution is -2.37. The summed E-state index contributed by atoms with van der Waals surface area (Å²) in [6.45, 7) is 1.85. The number of carbonyl (C=O) groups excluding carboxylic acids is 1. The van der Waals surface area contributed by atoms with E-state index >= 15 is 0 Å². The van der Waals surface area contributed by atoms with Crippen LogP contribution in [0, 0.1) is 19.3 Å². The van der Waals surface area contributed by atoms with E-state index in [0.29, 0.717) is 12.1 Å². The topological polar surface area (TPSA) is 67.2 Å². The molecule has 1 amide bonds. The molecule has 0 saturated carbocycles. The van der Waals surface area contributed by atoms with Crippen molar-refractivity contribution in [2.75, 3.05) is 6.61 Å². The standard InChI is InChI=1S/C19H21N3O2/c1-3-7-14(12-23)20-19(24)18-15-9-6-11-17(15)22(21-18)16-10-5-4-8-13(16)2/h1,4-5,8,10,14,23H,6-7,9,11-12H2,2H3,(H,20,24)/t14-/m1/s1. The third-order valence-corrected chi connectivity index (χ3v) is 4.41. The largest absolute Gasteiger partial charge is 0.394 e. The van der Waals surface area contributed by atoms with Crippen LogP contribution in [-0.4, -0.2) is 33.4 Å². The van der Waals surface area contributed by atoms with Gasteiger partial charge in [-0.05, 0) is 37.8 Å². The van der Waals surface area contributed by atoms with Crippen LogP contribution in [0.25, 0.3) is 5.69 Å². The molecular weight excluding hydrogens is 302 g/mol. The van der Waals surface area contributed by atoms with Crippen LogP contribution in [0.1, 0.15) is 40.2 Å². The minimum absolute atomic E-state index is 0.184. The van der Waals surface area contributed by atoms with Gasteiger partial charge in [-0.3, -0.25) is 4.79 Å². The normalized spacial score (nSPS) is 14.0. The van der Waals surface area contributed by atoms with Crippen LogP contribution in [0.3, 0.4) is 0 Å². The number of aromatic nitrogens is 2. The summed E-state index contributed by atoms with van der Waals surface area (Å²) in [6, 6.07) is 7.56. The molecule has 5 nitrogen and oxygen atoms in total. The molecule has 0 saturated heterocycles. The van der Waals surface area contributed by atoms with Crippen molar-refractivity contribution in [3.05, 3.63) is 46.8 Å².